The van der Waals surface area contributed by atoms with Gasteiger partial charge in [-0.25, -0.2) is 0 Å². The number of nitrogens with zero attached hydrogens (tertiary/aromatic N) is 1. The van der Waals surface area contributed by atoms with Gasteiger partial charge in [0.1, 0.15) is 0 Å². The molecule has 0 amide bonds. The van der Waals surface area contributed by atoms with E-state index in [1.54, 1.807) is 0 Å². The Hall–Kier alpha value is -0.0800. The van der Waals surface area contributed by atoms with Crippen molar-refractivity contribution in [1.82, 2.24) is 10.2 Å². The van der Waals surface area contributed by atoms with E-state index in [1.165, 1.54) is 58.3 Å². The molecular weight excluding hydrogens is 172 g/mol. The second-order valence-corrected chi connectivity index (χ2v) is 5.36. The van der Waals surface area contributed by atoms with Crippen LogP contribution < -0.4 is 5.32 Å². The summed E-state index contributed by atoms with van der Waals surface area (Å²) in [5.41, 5.74) is 0. The molecule has 0 radical (unpaired) electrons. The molecular formula is C12H22N2. The molecule has 2 atom stereocenters. The Morgan fingerprint density at radius 3 is 2.43 bits per heavy atom. The van der Waals surface area contributed by atoms with Crippen LogP contribution in [-0.4, -0.2) is 37.1 Å². The van der Waals surface area contributed by atoms with E-state index in [0.29, 0.717) is 0 Å². The van der Waals surface area contributed by atoms with E-state index in [-0.39, 0.29) is 0 Å². The number of piperidine rings is 4. The molecule has 0 aromatic heterocycles. The molecule has 4 saturated heterocycles. The second-order valence-electron chi connectivity index (χ2n) is 5.36. The molecule has 4 aliphatic rings. The first kappa shape index (κ1) is 9.17. The van der Waals surface area contributed by atoms with Crippen LogP contribution in [0.5, 0.6) is 0 Å². The summed E-state index contributed by atoms with van der Waals surface area (Å²) in [6.45, 7) is 5.43. The third kappa shape index (κ3) is 1.59. The first-order valence-corrected chi connectivity index (χ1v) is 6.39. The molecule has 0 saturated carbocycles. The summed E-state index contributed by atoms with van der Waals surface area (Å²) in [5, 5.41) is 3.75. The molecule has 0 aliphatic carbocycles. The summed E-state index contributed by atoms with van der Waals surface area (Å²) in [7, 11) is 0. The van der Waals surface area contributed by atoms with Gasteiger partial charge >= 0.3 is 0 Å². The Labute approximate surface area is 87.0 Å². The van der Waals surface area contributed by atoms with Crippen LogP contribution in [0.15, 0.2) is 0 Å². The van der Waals surface area contributed by atoms with Crippen LogP contribution in [0.3, 0.4) is 0 Å². The van der Waals surface area contributed by atoms with Crippen molar-refractivity contribution >= 4 is 0 Å². The molecule has 2 unspecified atom stereocenters. The fourth-order valence-corrected chi connectivity index (χ4v) is 3.71. The van der Waals surface area contributed by atoms with Gasteiger partial charge < -0.3 is 10.2 Å². The van der Waals surface area contributed by atoms with Gasteiger partial charge in [0.15, 0.2) is 0 Å². The first-order chi connectivity index (χ1) is 6.93. The monoisotopic (exact) mass is 194 g/mol. The summed E-state index contributed by atoms with van der Waals surface area (Å²) in [5.74, 6) is 2.04. The van der Waals surface area contributed by atoms with E-state index >= 15 is 0 Å². The van der Waals surface area contributed by atoms with E-state index in [1.807, 2.05) is 0 Å². The topological polar surface area (TPSA) is 15.3 Å². The molecule has 80 valence electrons. The lowest BCUT2D eigenvalue weighted by Gasteiger charge is -2.48. The predicted molar refractivity (Wildman–Crippen MR) is 58.3 cm³/mol. The van der Waals surface area contributed by atoms with Gasteiger partial charge in [0.2, 0.25) is 0 Å². The molecule has 0 aromatic carbocycles. The molecule has 0 spiro atoms. The average Bonchev–Trinajstić information content (AvgIpc) is 2.32. The van der Waals surface area contributed by atoms with Crippen LogP contribution in [0.1, 0.15) is 32.1 Å². The lowest BCUT2D eigenvalue weighted by Crippen LogP contribution is -2.55. The van der Waals surface area contributed by atoms with Gasteiger partial charge in [-0.05, 0) is 57.2 Å². The van der Waals surface area contributed by atoms with Gasteiger partial charge in [-0.3, -0.25) is 0 Å². The van der Waals surface area contributed by atoms with E-state index in [4.69, 9.17) is 0 Å². The van der Waals surface area contributed by atoms with Crippen LogP contribution >= 0.6 is 0 Å². The molecule has 4 fully saturated rings. The Morgan fingerprint density at radius 1 is 1.00 bits per heavy atom. The highest BCUT2D eigenvalue weighted by molar-refractivity contribution is 4.93. The van der Waals surface area contributed by atoms with Gasteiger partial charge in [0, 0.05) is 12.6 Å². The van der Waals surface area contributed by atoms with Gasteiger partial charge in [-0.1, -0.05) is 6.42 Å². The van der Waals surface area contributed by atoms with Crippen LogP contribution in [0.4, 0.5) is 0 Å². The quantitative estimate of drug-likeness (QED) is 0.680. The lowest BCUT2D eigenvalue weighted by molar-refractivity contribution is 0.0252. The van der Waals surface area contributed by atoms with Crippen molar-refractivity contribution in [3.8, 4) is 0 Å². The Kier molecular flexibility index (Phi) is 2.50. The number of hydrogen-bond donors (Lipinski definition) is 1. The summed E-state index contributed by atoms with van der Waals surface area (Å²) in [6.07, 6.45) is 7.25. The van der Waals surface area contributed by atoms with Crippen molar-refractivity contribution in [3.63, 3.8) is 0 Å². The maximum atomic E-state index is 3.75. The van der Waals surface area contributed by atoms with Gasteiger partial charge in [0.25, 0.3) is 0 Å². The number of nitrogens with one attached hydrogen (secondary N) is 1. The van der Waals surface area contributed by atoms with Gasteiger partial charge in [-0.15, -0.1) is 0 Å². The van der Waals surface area contributed by atoms with E-state index < -0.39 is 0 Å². The molecule has 2 heteroatoms. The number of fused-ring (bicyclic) bond motifs is 3. The van der Waals surface area contributed by atoms with Crippen molar-refractivity contribution < 1.29 is 0 Å². The third-order valence-corrected chi connectivity index (χ3v) is 4.57. The Balaban J connectivity index is 1.66. The van der Waals surface area contributed by atoms with Crippen molar-refractivity contribution in [1.29, 1.82) is 0 Å². The van der Waals surface area contributed by atoms with E-state index in [9.17, 15) is 0 Å². The minimum absolute atomic E-state index is 0.858. The van der Waals surface area contributed by atoms with E-state index in [2.05, 4.69) is 10.2 Å². The highest BCUT2D eigenvalue weighted by Gasteiger charge is 2.38. The normalized spacial score (nSPS) is 48.0. The summed E-state index contributed by atoms with van der Waals surface area (Å²) in [6, 6.07) is 0.858. The van der Waals surface area contributed by atoms with E-state index in [0.717, 1.165) is 17.9 Å². The highest BCUT2D eigenvalue weighted by Crippen LogP contribution is 2.36. The summed E-state index contributed by atoms with van der Waals surface area (Å²) in [4.78, 5) is 2.68. The minimum Gasteiger partial charge on any atom is -0.314 e. The van der Waals surface area contributed by atoms with Crippen LogP contribution in [-0.2, 0) is 0 Å². The number of rotatable bonds is 1. The molecule has 4 rings (SSSR count). The molecule has 4 aliphatic heterocycles. The largest absolute Gasteiger partial charge is 0.314 e. The van der Waals surface area contributed by atoms with Crippen molar-refractivity contribution in [2.24, 2.45) is 11.8 Å². The maximum absolute atomic E-state index is 3.75. The first-order valence-electron chi connectivity index (χ1n) is 6.39. The Morgan fingerprint density at radius 2 is 1.86 bits per heavy atom. The zero-order chi connectivity index (χ0) is 9.38. The van der Waals surface area contributed by atoms with Crippen LogP contribution in [0.25, 0.3) is 0 Å². The average molecular weight is 194 g/mol. The summed E-state index contributed by atoms with van der Waals surface area (Å²) < 4.78 is 0. The SMILES string of the molecule is C1CCC(C2CN3CCC2CC3)NC1. The van der Waals surface area contributed by atoms with Crippen LogP contribution in [0, 0.1) is 11.8 Å². The number of hydrogen-bond acceptors (Lipinski definition) is 2. The molecule has 2 bridgehead atoms. The molecule has 14 heavy (non-hydrogen) atoms. The Bertz CT molecular complexity index is 190. The molecule has 2 nitrogen and oxygen atoms in total. The minimum atomic E-state index is 0.858. The highest BCUT2D eigenvalue weighted by atomic mass is 15.2. The third-order valence-electron chi connectivity index (χ3n) is 4.57. The maximum Gasteiger partial charge on any atom is 0.0110 e. The fourth-order valence-electron chi connectivity index (χ4n) is 3.71. The zero-order valence-corrected chi connectivity index (χ0v) is 9.04. The lowest BCUT2D eigenvalue weighted by atomic mass is 9.73. The second kappa shape index (κ2) is 3.82. The van der Waals surface area contributed by atoms with Crippen molar-refractivity contribution in [3.05, 3.63) is 0 Å². The van der Waals surface area contributed by atoms with Crippen LogP contribution in [0.2, 0.25) is 0 Å². The predicted octanol–water partition coefficient (Wildman–Crippen LogP) is 1.47. The van der Waals surface area contributed by atoms with Crippen molar-refractivity contribution in [2.75, 3.05) is 26.2 Å². The zero-order valence-electron chi connectivity index (χ0n) is 9.04. The summed E-state index contributed by atoms with van der Waals surface area (Å²) >= 11 is 0. The van der Waals surface area contributed by atoms with Gasteiger partial charge in [-0.2, -0.15) is 0 Å². The van der Waals surface area contributed by atoms with Gasteiger partial charge in [0.05, 0.1) is 0 Å². The molecule has 4 heterocycles. The standard InChI is InChI=1S/C12H22N2/c1-2-6-13-12(3-1)11-9-14-7-4-10(11)5-8-14/h10-13H,1-9H2. The molecule has 1 N–H and O–H groups in total. The fraction of sp³-hybridized carbons (Fsp3) is 1.00. The smallest absolute Gasteiger partial charge is 0.0110 e. The molecule has 0 aromatic rings. The van der Waals surface area contributed by atoms with Crippen molar-refractivity contribution in [2.45, 2.75) is 38.1 Å².